The van der Waals surface area contributed by atoms with Crippen LogP contribution in [-0.2, 0) is 0 Å². The Bertz CT molecular complexity index is 687. The molecule has 0 aliphatic heterocycles. The van der Waals surface area contributed by atoms with Gasteiger partial charge in [0.05, 0.1) is 0 Å². The number of aromatic nitrogens is 3. The Labute approximate surface area is 97.2 Å². The Kier molecular flexibility index (Phi) is 2.20. The summed E-state index contributed by atoms with van der Waals surface area (Å²) in [5, 5.41) is 0.773. The van der Waals surface area contributed by atoms with Gasteiger partial charge in [-0.05, 0) is 0 Å². The number of hydrogen-bond donors (Lipinski definition) is 0. The van der Waals surface area contributed by atoms with Crippen molar-refractivity contribution in [1.82, 2.24) is 13.5 Å². The van der Waals surface area contributed by atoms with Gasteiger partial charge in [-0.2, -0.15) is 0 Å². The molecule has 0 spiro atoms. The standard InChI is InChI=1S/C11H7N3OSe/c15-10-8-4-1-2-5-9(8)16-14(10)11-12-6-3-7-13-11/h1-7H. The van der Waals surface area contributed by atoms with Crippen molar-refractivity contribution in [2.24, 2.45) is 0 Å². The molecule has 1 aromatic carbocycles. The summed E-state index contributed by atoms with van der Waals surface area (Å²) in [4.78, 5) is 20.3. The topological polar surface area (TPSA) is 47.8 Å². The fraction of sp³-hybridized carbons (Fsp3) is 0. The van der Waals surface area contributed by atoms with Gasteiger partial charge in [0.2, 0.25) is 0 Å². The van der Waals surface area contributed by atoms with Crippen LogP contribution in [0.1, 0.15) is 0 Å². The number of rotatable bonds is 1. The molecule has 16 heavy (non-hydrogen) atoms. The van der Waals surface area contributed by atoms with Gasteiger partial charge in [-0.25, -0.2) is 0 Å². The second-order valence-electron chi connectivity index (χ2n) is 3.24. The van der Waals surface area contributed by atoms with Crippen molar-refractivity contribution >= 4 is 24.4 Å². The third kappa shape index (κ3) is 1.41. The predicted molar refractivity (Wildman–Crippen MR) is 62.1 cm³/mol. The van der Waals surface area contributed by atoms with E-state index in [0.717, 1.165) is 9.65 Å². The van der Waals surface area contributed by atoms with Gasteiger partial charge in [-0.15, -0.1) is 0 Å². The summed E-state index contributed by atoms with van der Waals surface area (Å²) in [5.74, 6) is 0.490. The van der Waals surface area contributed by atoms with E-state index in [1.54, 1.807) is 22.0 Å². The van der Waals surface area contributed by atoms with Gasteiger partial charge < -0.3 is 0 Å². The van der Waals surface area contributed by atoms with Gasteiger partial charge in [-0.3, -0.25) is 0 Å². The molecule has 0 atom stereocenters. The summed E-state index contributed by atoms with van der Waals surface area (Å²) in [6.07, 6.45) is 3.30. The monoisotopic (exact) mass is 277 g/mol. The normalized spacial score (nSPS) is 10.8. The van der Waals surface area contributed by atoms with Crippen LogP contribution in [-0.4, -0.2) is 28.3 Å². The molecule has 2 aromatic heterocycles. The van der Waals surface area contributed by atoms with Crippen molar-refractivity contribution in [2.75, 3.05) is 0 Å². The van der Waals surface area contributed by atoms with Crippen molar-refractivity contribution in [3.8, 4) is 5.95 Å². The molecule has 0 aliphatic rings. The van der Waals surface area contributed by atoms with Crippen molar-refractivity contribution in [3.63, 3.8) is 0 Å². The molecule has 4 nitrogen and oxygen atoms in total. The van der Waals surface area contributed by atoms with Crippen LogP contribution >= 0.6 is 0 Å². The number of nitrogens with zero attached hydrogens (tertiary/aromatic N) is 3. The van der Waals surface area contributed by atoms with Crippen molar-refractivity contribution in [1.29, 1.82) is 0 Å². The Morgan fingerprint density at radius 2 is 1.81 bits per heavy atom. The zero-order valence-electron chi connectivity index (χ0n) is 8.20. The first-order chi connectivity index (χ1) is 7.86. The van der Waals surface area contributed by atoms with E-state index in [4.69, 9.17) is 0 Å². The molecule has 3 rings (SSSR count). The third-order valence-electron chi connectivity index (χ3n) is 2.23. The molecule has 0 amide bonds. The summed E-state index contributed by atoms with van der Waals surface area (Å²) in [6.45, 7) is 0. The average molecular weight is 276 g/mol. The van der Waals surface area contributed by atoms with E-state index in [2.05, 4.69) is 9.97 Å². The van der Waals surface area contributed by atoms with Gasteiger partial charge in [0, 0.05) is 0 Å². The summed E-state index contributed by atoms with van der Waals surface area (Å²) < 4.78 is 2.74. The SMILES string of the molecule is O=c1c2ccccc2[se]n1-c1ncccn1. The first-order valence-corrected chi connectivity index (χ1v) is 6.37. The predicted octanol–water partition coefficient (Wildman–Crippen LogP) is 0.838. The molecule has 0 radical (unpaired) electrons. The first-order valence-electron chi connectivity index (χ1n) is 4.75. The maximum absolute atomic E-state index is 12.1. The molecule has 0 bridgehead atoms. The van der Waals surface area contributed by atoms with Crippen LogP contribution in [0.25, 0.3) is 15.6 Å². The van der Waals surface area contributed by atoms with Crippen molar-refractivity contribution < 1.29 is 0 Å². The van der Waals surface area contributed by atoms with Crippen molar-refractivity contribution in [2.45, 2.75) is 0 Å². The van der Waals surface area contributed by atoms with Gasteiger partial charge >= 0.3 is 96.9 Å². The number of benzene rings is 1. The molecule has 0 saturated carbocycles. The summed E-state index contributed by atoms with van der Waals surface area (Å²) in [7, 11) is 0. The van der Waals surface area contributed by atoms with Gasteiger partial charge in [0.15, 0.2) is 0 Å². The quantitative estimate of drug-likeness (QED) is 0.619. The van der Waals surface area contributed by atoms with E-state index in [1.165, 1.54) is 0 Å². The van der Waals surface area contributed by atoms with Crippen LogP contribution in [0.2, 0.25) is 0 Å². The molecule has 0 unspecified atom stereocenters. The molecule has 0 fully saturated rings. The molecule has 3 aromatic rings. The molecule has 0 saturated heterocycles. The van der Waals surface area contributed by atoms with Crippen LogP contribution in [0.15, 0.2) is 47.5 Å². The van der Waals surface area contributed by atoms with Gasteiger partial charge in [0.1, 0.15) is 0 Å². The molecule has 0 N–H and O–H groups in total. The Hall–Kier alpha value is -1.71. The Balaban J connectivity index is 2.34. The summed E-state index contributed by atoms with van der Waals surface area (Å²) >= 11 is -0.0466. The number of fused-ring (bicyclic) bond motifs is 1. The molecule has 0 aliphatic carbocycles. The summed E-state index contributed by atoms with van der Waals surface area (Å²) in [6, 6.07) is 9.40. The third-order valence-corrected chi connectivity index (χ3v) is 4.46. The van der Waals surface area contributed by atoms with E-state index in [1.807, 2.05) is 24.3 Å². The fourth-order valence-corrected chi connectivity index (χ4v) is 3.49. The molecular formula is C11H7N3OSe. The van der Waals surface area contributed by atoms with E-state index < -0.39 is 0 Å². The molecule has 78 valence electrons. The van der Waals surface area contributed by atoms with Crippen LogP contribution in [0.5, 0.6) is 0 Å². The van der Waals surface area contributed by atoms with Crippen LogP contribution in [0, 0.1) is 0 Å². The maximum atomic E-state index is 12.1. The first kappa shape index (κ1) is 9.51. The summed E-state index contributed by atoms with van der Waals surface area (Å²) in [5.41, 5.74) is 0.00167. The molecule has 5 heteroatoms. The fourth-order valence-electron chi connectivity index (χ4n) is 1.50. The van der Waals surface area contributed by atoms with Gasteiger partial charge in [0.25, 0.3) is 0 Å². The average Bonchev–Trinajstić information content (AvgIpc) is 2.69. The van der Waals surface area contributed by atoms with Crippen LogP contribution < -0.4 is 5.56 Å². The molecular weight excluding hydrogens is 269 g/mol. The number of hydrogen-bond acceptors (Lipinski definition) is 3. The Morgan fingerprint density at radius 1 is 1.06 bits per heavy atom. The zero-order valence-corrected chi connectivity index (χ0v) is 9.91. The van der Waals surface area contributed by atoms with E-state index in [0.29, 0.717) is 5.95 Å². The van der Waals surface area contributed by atoms with E-state index in [-0.39, 0.29) is 20.3 Å². The van der Waals surface area contributed by atoms with Crippen LogP contribution in [0.3, 0.4) is 0 Å². The minimum atomic E-state index is -0.0466. The van der Waals surface area contributed by atoms with Crippen LogP contribution in [0.4, 0.5) is 0 Å². The Morgan fingerprint density at radius 3 is 2.56 bits per heavy atom. The van der Waals surface area contributed by atoms with E-state index >= 15 is 0 Å². The zero-order chi connectivity index (χ0) is 11.0. The van der Waals surface area contributed by atoms with E-state index in [9.17, 15) is 4.79 Å². The van der Waals surface area contributed by atoms with Gasteiger partial charge in [-0.1, -0.05) is 0 Å². The molecule has 2 heterocycles. The minimum absolute atomic E-state index is 0.00167. The van der Waals surface area contributed by atoms with Crippen molar-refractivity contribution in [3.05, 3.63) is 53.1 Å². The second-order valence-corrected chi connectivity index (χ2v) is 5.31. The second kappa shape index (κ2) is 3.70.